The number of benzene rings is 2. The van der Waals surface area contributed by atoms with Crippen molar-refractivity contribution in [1.82, 2.24) is 14.4 Å². The fourth-order valence-corrected chi connectivity index (χ4v) is 3.81. The molecule has 0 bridgehead atoms. The molecule has 1 aliphatic rings. The molecule has 3 aromatic rings. The van der Waals surface area contributed by atoms with E-state index in [1.165, 1.54) is 10.6 Å². The maximum Gasteiger partial charge on any atom is 0.254 e. The van der Waals surface area contributed by atoms with Crippen LogP contribution in [0, 0.1) is 0 Å². The highest BCUT2D eigenvalue weighted by molar-refractivity contribution is 6.06. The number of aryl methyl sites for hydroxylation is 1. The number of ether oxygens (including phenoxy) is 1. The number of piperazine rings is 1. The molecule has 1 fully saturated rings. The highest BCUT2D eigenvalue weighted by Gasteiger charge is 2.27. The SMILES string of the molecule is COc1cccc(C(=O)N2CCN(C(=O)c3cc(=O)n(C)c4ccccc34)CC2)c1. The van der Waals surface area contributed by atoms with Crippen LogP contribution in [0.4, 0.5) is 0 Å². The second-order valence-electron chi connectivity index (χ2n) is 7.29. The van der Waals surface area contributed by atoms with Gasteiger partial charge in [-0.1, -0.05) is 24.3 Å². The minimum absolute atomic E-state index is 0.0833. The van der Waals surface area contributed by atoms with E-state index in [1.807, 2.05) is 24.3 Å². The van der Waals surface area contributed by atoms with Crippen molar-refractivity contribution in [3.8, 4) is 5.75 Å². The topological polar surface area (TPSA) is 71.8 Å². The molecule has 0 aliphatic carbocycles. The molecule has 1 saturated heterocycles. The number of pyridine rings is 1. The number of hydrogen-bond donors (Lipinski definition) is 0. The number of fused-ring (bicyclic) bond motifs is 1. The van der Waals surface area contributed by atoms with Crippen molar-refractivity contribution in [1.29, 1.82) is 0 Å². The second kappa shape index (κ2) is 8.02. The quantitative estimate of drug-likeness (QED) is 0.669. The molecule has 7 nitrogen and oxygen atoms in total. The van der Waals surface area contributed by atoms with Crippen molar-refractivity contribution < 1.29 is 14.3 Å². The fourth-order valence-electron chi connectivity index (χ4n) is 3.81. The average molecular weight is 405 g/mol. The molecule has 7 heteroatoms. The zero-order chi connectivity index (χ0) is 21.3. The molecule has 1 aliphatic heterocycles. The summed E-state index contributed by atoms with van der Waals surface area (Å²) in [7, 11) is 3.26. The van der Waals surface area contributed by atoms with E-state index in [1.54, 1.807) is 48.2 Å². The highest BCUT2D eigenvalue weighted by atomic mass is 16.5. The lowest BCUT2D eigenvalue weighted by molar-refractivity contribution is 0.0536. The molecule has 2 heterocycles. The molecule has 0 spiro atoms. The largest absolute Gasteiger partial charge is 0.497 e. The van der Waals surface area contributed by atoms with Crippen LogP contribution < -0.4 is 10.3 Å². The molecule has 2 amide bonds. The molecule has 30 heavy (non-hydrogen) atoms. The average Bonchev–Trinajstić information content (AvgIpc) is 2.80. The van der Waals surface area contributed by atoms with Crippen molar-refractivity contribution in [2.24, 2.45) is 7.05 Å². The number of carbonyl (C=O) groups excluding carboxylic acids is 2. The zero-order valence-electron chi connectivity index (χ0n) is 17.0. The Morgan fingerprint density at radius 3 is 2.23 bits per heavy atom. The van der Waals surface area contributed by atoms with E-state index >= 15 is 0 Å². The van der Waals surface area contributed by atoms with Gasteiger partial charge in [-0.05, 0) is 24.3 Å². The Morgan fingerprint density at radius 2 is 1.53 bits per heavy atom. The summed E-state index contributed by atoms with van der Waals surface area (Å²) in [6.07, 6.45) is 0. The normalized spacial score (nSPS) is 14.1. The molecule has 1 aromatic heterocycles. The Balaban J connectivity index is 1.51. The monoisotopic (exact) mass is 405 g/mol. The lowest BCUT2D eigenvalue weighted by Crippen LogP contribution is -2.50. The summed E-state index contributed by atoms with van der Waals surface area (Å²) < 4.78 is 6.73. The number of amides is 2. The number of carbonyl (C=O) groups is 2. The first-order chi connectivity index (χ1) is 14.5. The summed E-state index contributed by atoms with van der Waals surface area (Å²) in [5, 5.41) is 0.750. The third-order valence-electron chi connectivity index (χ3n) is 5.56. The van der Waals surface area contributed by atoms with Crippen LogP contribution in [-0.4, -0.2) is 59.5 Å². The smallest absolute Gasteiger partial charge is 0.254 e. The van der Waals surface area contributed by atoms with E-state index in [-0.39, 0.29) is 17.4 Å². The van der Waals surface area contributed by atoms with E-state index in [4.69, 9.17) is 4.74 Å². The van der Waals surface area contributed by atoms with Gasteiger partial charge in [0.2, 0.25) is 0 Å². The van der Waals surface area contributed by atoms with Crippen LogP contribution >= 0.6 is 0 Å². The molecule has 0 unspecified atom stereocenters. The zero-order valence-corrected chi connectivity index (χ0v) is 17.0. The molecular weight excluding hydrogens is 382 g/mol. The van der Waals surface area contributed by atoms with Crippen LogP contribution in [0.5, 0.6) is 5.75 Å². The third kappa shape index (κ3) is 3.54. The lowest BCUT2D eigenvalue weighted by Gasteiger charge is -2.35. The predicted molar refractivity (Wildman–Crippen MR) is 114 cm³/mol. The minimum atomic E-state index is -0.219. The number of hydrogen-bond acceptors (Lipinski definition) is 4. The summed E-state index contributed by atoms with van der Waals surface area (Å²) in [6, 6.07) is 15.8. The third-order valence-corrected chi connectivity index (χ3v) is 5.56. The first kappa shape index (κ1) is 19.7. The van der Waals surface area contributed by atoms with Gasteiger partial charge < -0.3 is 19.1 Å². The van der Waals surface area contributed by atoms with Gasteiger partial charge in [-0.15, -0.1) is 0 Å². The van der Waals surface area contributed by atoms with Gasteiger partial charge in [-0.2, -0.15) is 0 Å². The van der Waals surface area contributed by atoms with Crippen molar-refractivity contribution in [2.75, 3.05) is 33.3 Å². The van der Waals surface area contributed by atoms with Crippen LogP contribution in [-0.2, 0) is 7.05 Å². The molecule has 0 radical (unpaired) electrons. The summed E-state index contributed by atoms with van der Waals surface area (Å²) >= 11 is 0. The molecule has 0 atom stereocenters. The summed E-state index contributed by atoms with van der Waals surface area (Å²) in [4.78, 5) is 41.7. The van der Waals surface area contributed by atoms with E-state index in [9.17, 15) is 14.4 Å². The van der Waals surface area contributed by atoms with Gasteiger partial charge in [-0.25, -0.2) is 0 Å². The van der Waals surface area contributed by atoms with Crippen LogP contribution in [0.2, 0.25) is 0 Å². The number of methoxy groups -OCH3 is 1. The lowest BCUT2D eigenvalue weighted by atomic mass is 10.1. The Kier molecular flexibility index (Phi) is 5.27. The molecule has 154 valence electrons. The fraction of sp³-hybridized carbons (Fsp3) is 0.261. The van der Waals surface area contributed by atoms with E-state index < -0.39 is 0 Å². The van der Waals surface area contributed by atoms with Crippen molar-refractivity contribution in [3.05, 3.63) is 76.1 Å². The molecular formula is C23H23N3O4. The van der Waals surface area contributed by atoms with Gasteiger partial charge in [0.05, 0.1) is 18.2 Å². The Bertz CT molecular complexity index is 1180. The minimum Gasteiger partial charge on any atom is -0.497 e. The van der Waals surface area contributed by atoms with Crippen LogP contribution in [0.25, 0.3) is 10.9 Å². The van der Waals surface area contributed by atoms with Gasteiger partial charge in [0.1, 0.15) is 5.75 Å². The van der Waals surface area contributed by atoms with E-state index in [2.05, 4.69) is 0 Å². The first-order valence-corrected chi connectivity index (χ1v) is 9.81. The predicted octanol–water partition coefficient (Wildman–Crippen LogP) is 2.15. The Labute approximate surface area is 174 Å². The Morgan fingerprint density at radius 1 is 0.867 bits per heavy atom. The maximum atomic E-state index is 13.2. The second-order valence-corrected chi connectivity index (χ2v) is 7.29. The number of rotatable bonds is 3. The summed E-state index contributed by atoms with van der Waals surface area (Å²) in [5.41, 5.74) is 1.47. The van der Waals surface area contributed by atoms with Crippen molar-refractivity contribution in [3.63, 3.8) is 0 Å². The summed E-state index contributed by atoms with van der Waals surface area (Å²) in [6.45, 7) is 1.70. The van der Waals surface area contributed by atoms with Crippen molar-refractivity contribution >= 4 is 22.7 Å². The van der Waals surface area contributed by atoms with Gasteiger partial charge in [0.25, 0.3) is 17.4 Å². The number of para-hydroxylation sites is 1. The van der Waals surface area contributed by atoms with Crippen molar-refractivity contribution in [2.45, 2.75) is 0 Å². The van der Waals surface area contributed by atoms with E-state index in [0.717, 1.165) is 10.9 Å². The molecule has 4 rings (SSSR count). The van der Waals surface area contributed by atoms with Crippen LogP contribution in [0.15, 0.2) is 59.4 Å². The molecule has 0 N–H and O–H groups in total. The van der Waals surface area contributed by atoms with Gasteiger partial charge in [0, 0.05) is 50.2 Å². The maximum absolute atomic E-state index is 13.2. The van der Waals surface area contributed by atoms with Gasteiger partial charge in [-0.3, -0.25) is 14.4 Å². The number of nitrogens with zero attached hydrogens (tertiary/aromatic N) is 3. The molecule has 0 saturated carbocycles. The van der Waals surface area contributed by atoms with E-state index in [0.29, 0.717) is 43.1 Å². The standard InChI is InChI=1S/C23H23N3O4/c1-24-20-9-4-3-8-18(20)19(15-21(24)27)23(29)26-12-10-25(11-13-26)22(28)16-6-5-7-17(14-16)30-2/h3-9,14-15H,10-13H2,1-2H3. The van der Waals surface area contributed by atoms with Crippen LogP contribution in [0.3, 0.4) is 0 Å². The Hall–Kier alpha value is -3.61. The van der Waals surface area contributed by atoms with Gasteiger partial charge in [0.15, 0.2) is 0 Å². The number of aromatic nitrogens is 1. The van der Waals surface area contributed by atoms with Gasteiger partial charge >= 0.3 is 0 Å². The molecule has 2 aromatic carbocycles. The highest BCUT2D eigenvalue weighted by Crippen LogP contribution is 2.20. The first-order valence-electron chi connectivity index (χ1n) is 9.81. The van der Waals surface area contributed by atoms with Crippen LogP contribution in [0.1, 0.15) is 20.7 Å². The summed E-state index contributed by atoms with van der Waals surface area (Å²) in [5.74, 6) is 0.365.